The number of rotatable bonds is 3. The highest BCUT2D eigenvalue weighted by Gasteiger charge is 2.35. The molecule has 0 aromatic heterocycles. The summed E-state index contributed by atoms with van der Waals surface area (Å²) in [6.07, 6.45) is 1.73. The Morgan fingerprint density at radius 2 is 2.12 bits per heavy atom. The van der Waals surface area contributed by atoms with Crippen LogP contribution in [0.25, 0.3) is 0 Å². The fourth-order valence-electron chi connectivity index (χ4n) is 3.07. The smallest absolute Gasteiger partial charge is 0.423 e. The highest BCUT2D eigenvalue weighted by Crippen LogP contribution is 2.28. The first-order valence-corrected chi connectivity index (χ1v) is 8.62. The summed E-state index contributed by atoms with van der Waals surface area (Å²) < 4.78 is 5.25. The van der Waals surface area contributed by atoms with Gasteiger partial charge in [0.2, 0.25) is 5.79 Å². The lowest BCUT2D eigenvalue weighted by molar-refractivity contribution is 0.275. The van der Waals surface area contributed by atoms with E-state index in [2.05, 4.69) is 15.6 Å². The summed E-state index contributed by atoms with van der Waals surface area (Å²) in [4.78, 5) is 4.47. The molecule has 0 aliphatic carbocycles. The highest BCUT2D eigenvalue weighted by molar-refractivity contribution is 6.65. The third kappa shape index (κ3) is 2.99. The number of hydrogen-bond donors (Lipinski definition) is 4. The van der Waals surface area contributed by atoms with Crippen molar-refractivity contribution in [2.24, 2.45) is 10.7 Å². The van der Waals surface area contributed by atoms with E-state index in [-0.39, 0.29) is 6.61 Å². The predicted octanol–water partition coefficient (Wildman–Crippen LogP) is 1.64. The monoisotopic (exact) mass is 368 g/mol. The van der Waals surface area contributed by atoms with Crippen LogP contribution in [0.4, 0.5) is 5.69 Å². The lowest BCUT2D eigenvalue weighted by Crippen LogP contribution is -2.52. The fraction of sp³-hybridized carbons (Fsp3) is 0.167. The van der Waals surface area contributed by atoms with Crippen LogP contribution < -0.4 is 21.8 Å². The predicted molar refractivity (Wildman–Crippen MR) is 104 cm³/mol. The van der Waals surface area contributed by atoms with Gasteiger partial charge in [0, 0.05) is 33.5 Å². The molecule has 1 atom stereocenters. The molecule has 2 aliphatic heterocycles. The van der Waals surface area contributed by atoms with Gasteiger partial charge in [0.05, 0.1) is 6.61 Å². The van der Waals surface area contributed by atoms with E-state index in [1.807, 2.05) is 43.3 Å². The van der Waals surface area contributed by atoms with E-state index < -0.39 is 12.9 Å². The molecule has 0 radical (unpaired) electrons. The quantitative estimate of drug-likeness (QED) is 0.618. The van der Waals surface area contributed by atoms with Crippen molar-refractivity contribution in [2.45, 2.75) is 19.3 Å². The Balaban J connectivity index is 1.66. The molecular weight excluding hydrogens is 350 g/mol. The molecule has 8 heteroatoms. The maximum absolute atomic E-state index is 9.87. The minimum Gasteiger partial charge on any atom is -0.423 e. The van der Waals surface area contributed by atoms with Crippen LogP contribution in [0, 0.1) is 0 Å². The van der Waals surface area contributed by atoms with Gasteiger partial charge in [0.1, 0.15) is 5.82 Å². The average molecular weight is 369 g/mol. The third-order valence-corrected chi connectivity index (χ3v) is 4.83. The van der Waals surface area contributed by atoms with E-state index >= 15 is 0 Å². The number of allylic oxidation sites excluding steroid dienone is 1. The van der Waals surface area contributed by atoms with Crippen molar-refractivity contribution in [3.8, 4) is 0 Å². The van der Waals surface area contributed by atoms with Gasteiger partial charge in [0.15, 0.2) is 0 Å². The molecule has 0 bridgehead atoms. The van der Waals surface area contributed by atoms with Gasteiger partial charge in [-0.05, 0) is 36.8 Å². The molecule has 2 heterocycles. The van der Waals surface area contributed by atoms with Crippen LogP contribution >= 0.6 is 11.6 Å². The van der Waals surface area contributed by atoms with E-state index in [4.69, 9.17) is 22.0 Å². The molecule has 0 saturated heterocycles. The zero-order chi connectivity index (χ0) is 18.3. The maximum atomic E-state index is 9.87. The second-order valence-corrected chi connectivity index (χ2v) is 6.80. The minimum atomic E-state index is -1.18. The number of anilines is 1. The van der Waals surface area contributed by atoms with Crippen LogP contribution in [-0.2, 0) is 17.0 Å². The summed E-state index contributed by atoms with van der Waals surface area (Å²) >= 11 is 6.34. The molecule has 26 heavy (non-hydrogen) atoms. The summed E-state index contributed by atoms with van der Waals surface area (Å²) in [6.45, 7) is 2.23. The van der Waals surface area contributed by atoms with Crippen LogP contribution in [0.15, 0.2) is 58.9 Å². The van der Waals surface area contributed by atoms with Crippen LogP contribution in [0.1, 0.15) is 18.1 Å². The maximum Gasteiger partial charge on any atom is 0.493 e. The van der Waals surface area contributed by atoms with Gasteiger partial charge in [-0.2, -0.15) is 0 Å². The number of fused-ring (bicyclic) bond motifs is 1. The number of benzene rings is 2. The molecule has 0 amide bonds. The van der Waals surface area contributed by atoms with E-state index in [1.54, 1.807) is 12.3 Å². The summed E-state index contributed by atoms with van der Waals surface area (Å²) in [5.41, 5.74) is 10.5. The molecule has 2 aliphatic rings. The molecule has 1 unspecified atom stereocenters. The number of nitrogens with two attached hydrogens (primary N) is 1. The second-order valence-electron chi connectivity index (χ2n) is 6.39. The lowest BCUT2D eigenvalue weighted by atomic mass is 9.78. The van der Waals surface area contributed by atoms with Gasteiger partial charge in [-0.1, -0.05) is 29.8 Å². The molecule has 5 N–H and O–H groups in total. The summed E-state index contributed by atoms with van der Waals surface area (Å²) in [6, 6.07) is 13.4. The molecule has 2 aromatic carbocycles. The first kappa shape index (κ1) is 17.1. The zero-order valence-electron chi connectivity index (χ0n) is 14.2. The summed E-state index contributed by atoms with van der Waals surface area (Å²) in [5.74, 6) is -0.412. The molecule has 0 fully saturated rings. The number of aliphatic imine (C=N–C) groups is 1. The fourth-order valence-corrected chi connectivity index (χ4v) is 3.40. The number of halogens is 1. The van der Waals surface area contributed by atoms with Gasteiger partial charge in [-0.3, -0.25) is 5.73 Å². The van der Waals surface area contributed by atoms with Crippen molar-refractivity contribution in [1.29, 1.82) is 0 Å². The first-order chi connectivity index (χ1) is 12.5. The second kappa shape index (κ2) is 6.44. The topological polar surface area (TPSA) is 91.9 Å². The Labute approximate surface area is 156 Å². The van der Waals surface area contributed by atoms with E-state index in [0.29, 0.717) is 16.0 Å². The van der Waals surface area contributed by atoms with Crippen LogP contribution in [0.3, 0.4) is 0 Å². The van der Waals surface area contributed by atoms with Gasteiger partial charge in [0.25, 0.3) is 0 Å². The van der Waals surface area contributed by atoms with Gasteiger partial charge >= 0.3 is 7.12 Å². The number of nitrogens with zero attached hydrogens (tertiary/aromatic N) is 1. The normalized spacial score (nSPS) is 21.6. The number of nitrogens with one attached hydrogen (secondary N) is 2. The minimum absolute atomic E-state index is 0.286. The zero-order valence-corrected chi connectivity index (χ0v) is 14.9. The number of hydrogen-bond acceptors (Lipinski definition) is 6. The Morgan fingerprint density at radius 3 is 2.88 bits per heavy atom. The van der Waals surface area contributed by atoms with Crippen molar-refractivity contribution in [2.75, 3.05) is 5.32 Å². The SMILES string of the molecule is CC1=C(Nc2ccccc2)NC(N)(c2cc(Cl)c3c(c2)COB3O)N=C1. The van der Waals surface area contributed by atoms with E-state index in [0.717, 1.165) is 22.6 Å². The average Bonchev–Trinajstić information content (AvgIpc) is 3.01. The largest absolute Gasteiger partial charge is 0.493 e. The molecule has 0 saturated carbocycles. The number of para-hydroxylation sites is 1. The molecule has 0 spiro atoms. The molecule has 2 aromatic rings. The van der Waals surface area contributed by atoms with Gasteiger partial charge < -0.3 is 20.3 Å². The van der Waals surface area contributed by atoms with Crippen LogP contribution in [0.5, 0.6) is 0 Å². The Bertz CT molecular complexity index is 919. The van der Waals surface area contributed by atoms with E-state index in [1.165, 1.54) is 0 Å². The van der Waals surface area contributed by atoms with E-state index in [9.17, 15) is 5.02 Å². The van der Waals surface area contributed by atoms with Crippen molar-refractivity contribution >= 4 is 36.1 Å². The van der Waals surface area contributed by atoms with Gasteiger partial charge in [-0.15, -0.1) is 0 Å². The Hall–Kier alpha value is -2.32. The van der Waals surface area contributed by atoms with Crippen molar-refractivity contribution < 1.29 is 9.68 Å². The molecule has 6 nitrogen and oxygen atoms in total. The lowest BCUT2D eigenvalue weighted by Gasteiger charge is -2.33. The van der Waals surface area contributed by atoms with Crippen molar-refractivity contribution in [3.05, 3.63) is 70.0 Å². The molecule has 132 valence electrons. The molecular formula is C18H18BClN4O2. The standard InChI is InChI=1S/C18H18BClN4O2/c1-11-9-22-18(21,24-17(11)23-14-5-3-2-4-6-14)13-7-12-10-26-19(25)16(12)15(20)8-13/h2-9,23-25H,10,21H2,1H3. The van der Waals surface area contributed by atoms with Crippen molar-refractivity contribution in [3.63, 3.8) is 0 Å². The summed E-state index contributed by atoms with van der Waals surface area (Å²) in [7, 11) is -1.000. The highest BCUT2D eigenvalue weighted by atomic mass is 35.5. The third-order valence-electron chi connectivity index (χ3n) is 4.51. The van der Waals surface area contributed by atoms with Crippen LogP contribution in [-0.4, -0.2) is 18.4 Å². The Kier molecular flexibility index (Phi) is 4.24. The van der Waals surface area contributed by atoms with Crippen molar-refractivity contribution in [1.82, 2.24) is 5.32 Å². The van der Waals surface area contributed by atoms with Gasteiger partial charge in [-0.25, -0.2) is 4.99 Å². The first-order valence-electron chi connectivity index (χ1n) is 8.24. The summed E-state index contributed by atoms with van der Waals surface area (Å²) in [5, 5.41) is 16.9. The molecule has 4 rings (SSSR count). The Morgan fingerprint density at radius 1 is 1.35 bits per heavy atom. The van der Waals surface area contributed by atoms with Crippen LogP contribution in [0.2, 0.25) is 5.02 Å².